The standard InChI is InChI=1S/C18H20N2O3S.C2HF3O2/c21-17(16-2-1-7-24-16)20-8-15-10-23-13-18(15,11-20)12-22-9-14-3-5-19-6-4-14;3-2(4,5)1(6)7/h1-7,15H,8-13H2;(H,6,7)/t15-,18-;/m1./s1. The van der Waals surface area contributed by atoms with Gasteiger partial charge in [-0.2, -0.15) is 13.2 Å². The van der Waals surface area contributed by atoms with E-state index < -0.39 is 12.1 Å². The zero-order valence-corrected chi connectivity index (χ0v) is 17.2. The summed E-state index contributed by atoms with van der Waals surface area (Å²) in [7, 11) is 0. The number of pyridine rings is 1. The molecule has 0 radical (unpaired) electrons. The van der Waals surface area contributed by atoms with Gasteiger partial charge in [-0.05, 0) is 29.1 Å². The minimum atomic E-state index is -5.08. The van der Waals surface area contributed by atoms with Crippen molar-refractivity contribution in [3.05, 3.63) is 52.5 Å². The van der Waals surface area contributed by atoms with Crippen LogP contribution in [0.4, 0.5) is 13.2 Å². The van der Waals surface area contributed by atoms with Crippen LogP contribution in [0.5, 0.6) is 0 Å². The summed E-state index contributed by atoms with van der Waals surface area (Å²) in [4.78, 5) is 28.3. The number of likely N-dealkylation sites (tertiary alicyclic amines) is 1. The Labute approximate surface area is 180 Å². The molecule has 4 rings (SSSR count). The summed E-state index contributed by atoms with van der Waals surface area (Å²) in [6, 6.07) is 7.73. The van der Waals surface area contributed by atoms with E-state index in [0.717, 1.165) is 17.0 Å². The van der Waals surface area contributed by atoms with E-state index in [9.17, 15) is 18.0 Å². The Kier molecular flexibility index (Phi) is 7.29. The van der Waals surface area contributed by atoms with Crippen LogP contribution in [0.2, 0.25) is 0 Å². The maximum atomic E-state index is 12.6. The number of rotatable bonds is 5. The lowest BCUT2D eigenvalue weighted by molar-refractivity contribution is -0.192. The van der Waals surface area contributed by atoms with Crippen LogP contribution in [0.15, 0.2) is 42.0 Å². The van der Waals surface area contributed by atoms with Crippen LogP contribution in [0.25, 0.3) is 0 Å². The molecule has 168 valence electrons. The van der Waals surface area contributed by atoms with Crippen LogP contribution >= 0.6 is 11.3 Å². The number of ether oxygens (including phenoxy) is 2. The first-order valence-corrected chi connectivity index (χ1v) is 10.3. The number of carboxylic acids is 1. The van der Waals surface area contributed by atoms with Crippen molar-refractivity contribution in [3.63, 3.8) is 0 Å². The average molecular weight is 458 g/mol. The number of hydrogen-bond donors (Lipinski definition) is 1. The number of fused-ring (bicyclic) bond motifs is 1. The smallest absolute Gasteiger partial charge is 0.475 e. The Morgan fingerprint density at radius 3 is 2.65 bits per heavy atom. The molecular formula is C20H21F3N2O5S. The summed E-state index contributed by atoms with van der Waals surface area (Å²) in [5.74, 6) is -2.26. The molecule has 0 bridgehead atoms. The fourth-order valence-electron chi connectivity index (χ4n) is 3.60. The van der Waals surface area contributed by atoms with Crippen molar-refractivity contribution in [3.8, 4) is 0 Å². The van der Waals surface area contributed by atoms with E-state index in [4.69, 9.17) is 19.4 Å². The maximum Gasteiger partial charge on any atom is 0.490 e. The van der Waals surface area contributed by atoms with E-state index in [1.165, 1.54) is 11.3 Å². The molecule has 4 heterocycles. The first-order valence-electron chi connectivity index (χ1n) is 9.38. The molecule has 0 spiro atoms. The van der Waals surface area contributed by atoms with Gasteiger partial charge in [-0.1, -0.05) is 6.07 Å². The Balaban J connectivity index is 0.000000339. The van der Waals surface area contributed by atoms with E-state index in [-0.39, 0.29) is 11.3 Å². The molecule has 31 heavy (non-hydrogen) atoms. The largest absolute Gasteiger partial charge is 0.490 e. The van der Waals surface area contributed by atoms with Crippen molar-refractivity contribution in [2.45, 2.75) is 12.8 Å². The van der Waals surface area contributed by atoms with Crippen molar-refractivity contribution in [1.29, 1.82) is 0 Å². The first kappa shape index (κ1) is 23.2. The second kappa shape index (κ2) is 9.75. The van der Waals surface area contributed by atoms with Gasteiger partial charge in [-0.25, -0.2) is 4.79 Å². The molecule has 2 aliphatic heterocycles. The van der Waals surface area contributed by atoms with Gasteiger partial charge in [0.2, 0.25) is 0 Å². The van der Waals surface area contributed by atoms with Crippen molar-refractivity contribution in [2.24, 2.45) is 11.3 Å². The number of carbonyl (C=O) groups excluding carboxylic acids is 1. The minimum absolute atomic E-state index is 0.0695. The first-order chi connectivity index (χ1) is 14.7. The Hall–Kier alpha value is -2.50. The van der Waals surface area contributed by atoms with Gasteiger partial charge in [-0.3, -0.25) is 9.78 Å². The molecule has 2 aromatic rings. The molecule has 1 amide bonds. The summed E-state index contributed by atoms with van der Waals surface area (Å²) in [5.41, 5.74) is 1.04. The zero-order chi connectivity index (χ0) is 22.5. The lowest BCUT2D eigenvalue weighted by atomic mass is 9.82. The molecule has 0 aliphatic carbocycles. The maximum absolute atomic E-state index is 12.6. The molecule has 0 aromatic carbocycles. The molecule has 1 N–H and O–H groups in total. The monoisotopic (exact) mass is 458 g/mol. The van der Waals surface area contributed by atoms with E-state index in [2.05, 4.69) is 4.98 Å². The van der Waals surface area contributed by atoms with Gasteiger partial charge in [0.05, 0.1) is 31.3 Å². The predicted molar refractivity (Wildman–Crippen MR) is 105 cm³/mol. The van der Waals surface area contributed by atoms with Crippen molar-refractivity contribution in [2.75, 3.05) is 32.9 Å². The van der Waals surface area contributed by atoms with Gasteiger partial charge in [0, 0.05) is 36.8 Å². The lowest BCUT2D eigenvalue weighted by Crippen LogP contribution is -2.37. The molecule has 2 atom stereocenters. The molecule has 0 unspecified atom stereocenters. The quantitative estimate of drug-likeness (QED) is 0.741. The van der Waals surface area contributed by atoms with Gasteiger partial charge in [0.25, 0.3) is 5.91 Å². The molecule has 2 fully saturated rings. The molecular weight excluding hydrogens is 437 g/mol. The fraction of sp³-hybridized carbons (Fsp3) is 0.450. The number of halogens is 3. The predicted octanol–water partition coefficient (Wildman–Crippen LogP) is 3.08. The summed E-state index contributed by atoms with van der Waals surface area (Å²) >= 11 is 1.50. The van der Waals surface area contributed by atoms with Crippen LogP contribution in [0, 0.1) is 11.3 Å². The van der Waals surface area contributed by atoms with Crippen molar-refractivity contribution in [1.82, 2.24) is 9.88 Å². The fourth-order valence-corrected chi connectivity index (χ4v) is 4.29. The number of carbonyl (C=O) groups is 2. The van der Waals surface area contributed by atoms with Gasteiger partial charge in [0.15, 0.2) is 0 Å². The normalized spacial score (nSPS) is 22.5. The van der Waals surface area contributed by atoms with Crippen LogP contribution in [0.3, 0.4) is 0 Å². The molecule has 11 heteroatoms. The van der Waals surface area contributed by atoms with Gasteiger partial charge in [0.1, 0.15) is 0 Å². The van der Waals surface area contributed by atoms with Crippen molar-refractivity contribution >= 4 is 23.2 Å². The van der Waals surface area contributed by atoms with Crippen LogP contribution in [0.1, 0.15) is 15.2 Å². The summed E-state index contributed by atoms with van der Waals surface area (Å²) in [6.45, 7) is 4.04. The average Bonchev–Trinajstić information content (AvgIpc) is 3.44. The molecule has 7 nitrogen and oxygen atoms in total. The van der Waals surface area contributed by atoms with E-state index >= 15 is 0 Å². The number of nitrogens with zero attached hydrogens (tertiary/aromatic N) is 2. The highest BCUT2D eigenvalue weighted by atomic mass is 32.1. The molecule has 2 saturated heterocycles. The van der Waals surface area contributed by atoms with Gasteiger partial charge in [-0.15, -0.1) is 11.3 Å². The van der Waals surface area contributed by atoms with Crippen LogP contribution in [-0.4, -0.2) is 66.0 Å². The topological polar surface area (TPSA) is 89.0 Å². The molecule has 0 saturated carbocycles. The van der Waals surface area contributed by atoms with E-state index in [1.54, 1.807) is 12.4 Å². The second-order valence-electron chi connectivity index (χ2n) is 7.39. The highest BCUT2D eigenvalue weighted by Crippen LogP contribution is 2.42. The molecule has 2 aromatic heterocycles. The number of amides is 1. The van der Waals surface area contributed by atoms with Gasteiger partial charge >= 0.3 is 12.1 Å². The molecule has 2 aliphatic rings. The van der Waals surface area contributed by atoms with Crippen LogP contribution < -0.4 is 0 Å². The number of carboxylic acid groups (broad SMARTS) is 1. The number of alkyl halides is 3. The third-order valence-electron chi connectivity index (χ3n) is 5.19. The highest BCUT2D eigenvalue weighted by molar-refractivity contribution is 7.12. The Morgan fingerprint density at radius 1 is 1.32 bits per heavy atom. The lowest BCUT2D eigenvalue weighted by Gasteiger charge is -2.26. The highest BCUT2D eigenvalue weighted by Gasteiger charge is 2.52. The van der Waals surface area contributed by atoms with E-state index in [0.29, 0.717) is 38.9 Å². The zero-order valence-electron chi connectivity index (χ0n) is 16.4. The van der Waals surface area contributed by atoms with Crippen LogP contribution in [-0.2, 0) is 20.9 Å². The number of thiophene rings is 1. The third-order valence-corrected chi connectivity index (χ3v) is 6.05. The third kappa shape index (κ3) is 5.81. The van der Waals surface area contributed by atoms with E-state index in [1.807, 2.05) is 34.5 Å². The minimum Gasteiger partial charge on any atom is -0.475 e. The summed E-state index contributed by atoms with van der Waals surface area (Å²) in [5, 5.41) is 9.07. The number of aromatic nitrogens is 1. The van der Waals surface area contributed by atoms with Crippen molar-refractivity contribution < 1.29 is 37.3 Å². The number of hydrogen-bond acceptors (Lipinski definition) is 6. The number of aliphatic carboxylic acids is 1. The Bertz CT molecular complexity index is 879. The second-order valence-corrected chi connectivity index (χ2v) is 8.34. The summed E-state index contributed by atoms with van der Waals surface area (Å²) in [6.07, 6.45) is -1.54. The Morgan fingerprint density at radius 2 is 2.03 bits per heavy atom. The SMILES string of the molecule is O=C(O)C(F)(F)F.O=C(c1cccs1)N1C[C@@H]2COC[C@]2(COCc2ccncc2)C1. The summed E-state index contributed by atoms with van der Waals surface area (Å²) < 4.78 is 43.4. The van der Waals surface area contributed by atoms with Gasteiger partial charge < -0.3 is 19.5 Å².